The van der Waals surface area contributed by atoms with Crippen molar-refractivity contribution in [1.29, 1.82) is 0 Å². The summed E-state index contributed by atoms with van der Waals surface area (Å²) in [6, 6.07) is 0. The summed E-state index contributed by atoms with van der Waals surface area (Å²) in [5, 5.41) is 11.0. The molecule has 2 atom stereocenters. The minimum Gasteiger partial charge on any atom is -0.374 e. The molecule has 1 fully saturated rings. The van der Waals surface area contributed by atoms with Crippen LogP contribution in [-0.4, -0.2) is 22.6 Å². The van der Waals surface area contributed by atoms with E-state index in [-0.39, 0.29) is 5.91 Å². The first-order valence-electron chi connectivity index (χ1n) is 6.02. The molecule has 0 aromatic carbocycles. The van der Waals surface area contributed by atoms with Gasteiger partial charge in [-0.25, -0.2) is 0 Å². The predicted molar refractivity (Wildman–Crippen MR) is 67.8 cm³/mol. The SMILES string of the molecule is CC1CCCC(CNC(=O)c2nnc(N)s2)C1. The molecule has 2 rings (SSSR count). The quantitative estimate of drug-likeness (QED) is 0.860. The molecule has 1 aliphatic carbocycles. The number of hydrogen-bond acceptors (Lipinski definition) is 5. The summed E-state index contributed by atoms with van der Waals surface area (Å²) in [5.41, 5.74) is 5.44. The van der Waals surface area contributed by atoms with Gasteiger partial charge >= 0.3 is 0 Å². The first kappa shape index (κ1) is 12.3. The summed E-state index contributed by atoms with van der Waals surface area (Å²) in [7, 11) is 0. The van der Waals surface area contributed by atoms with Crippen LogP contribution >= 0.6 is 11.3 Å². The zero-order valence-corrected chi connectivity index (χ0v) is 10.8. The van der Waals surface area contributed by atoms with Gasteiger partial charge in [0.1, 0.15) is 0 Å². The molecule has 1 aromatic rings. The van der Waals surface area contributed by atoms with E-state index < -0.39 is 0 Å². The van der Waals surface area contributed by atoms with Gasteiger partial charge in [0.2, 0.25) is 10.1 Å². The number of hydrogen-bond donors (Lipinski definition) is 2. The molecule has 1 saturated carbocycles. The number of nitrogens with two attached hydrogens (primary N) is 1. The van der Waals surface area contributed by atoms with Gasteiger partial charge in [0.25, 0.3) is 5.91 Å². The third kappa shape index (κ3) is 3.39. The highest BCUT2D eigenvalue weighted by Gasteiger charge is 2.20. The third-order valence-corrected chi connectivity index (χ3v) is 3.98. The van der Waals surface area contributed by atoms with Crippen LogP contribution in [0, 0.1) is 11.8 Å². The maximum atomic E-state index is 11.7. The van der Waals surface area contributed by atoms with Gasteiger partial charge in [0.15, 0.2) is 0 Å². The Bertz CT molecular complexity index is 393. The van der Waals surface area contributed by atoms with Gasteiger partial charge in [0.05, 0.1) is 0 Å². The molecule has 94 valence electrons. The number of aromatic nitrogens is 2. The van der Waals surface area contributed by atoms with Gasteiger partial charge in [-0.05, 0) is 24.7 Å². The average Bonchev–Trinajstić information content (AvgIpc) is 2.73. The number of amides is 1. The van der Waals surface area contributed by atoms with Crippen molar-refractivity contribution in [2.45, 2.75) is 32.6 Å². The first-order chi connectivity index (χ1) is 8.15. The number of rotatable bonds is 3. The molecule has 1 aliphatic rings. The van der Waals surface area contributed by atoms with Crippen LogP contribution in [0.15, 0.2) is 0 Å². The molecule has 6 heteroatoms. The number of nitrogens with one attached hydrogen (secondary N) is 1. The second-order valence-electron chi connectivity index (χ2n) is 4.79. The molecule has 0 bridgehead atoms. The molecule has 17 heavy (non-hydrogen) atoms. The van der Waals surface area contributed by atoms with Crippen LogP contribution in [0.25, 0.3) is 0 Å². The molecule has 0 saturated heterocycles. The topological polar surface area (TPSA) is 80.9 Å². The minimum absolute atomic E-state index is 0.155. The fourth-order valence-corrected chi connectivity index (χ4v) is 2.91. The summed E-state index contributed by atoms with van der Waals surface area (Å²) < 4.78 is 0. The molecular formula is C11H18N4OS. The van der Waals surface area contributed by atoms with Gasteiger partial charge in [-0.3, -0.25) is 4.79 Å². The van der Waals surface area contributed by atoms with Crippen LogP contribution in [0.4, 0.5) is 5.13 Å². The van der Waals surface area contributed by atoms with Crippen molar-refractivity contribution in [3.8, 4) is 0 Å². The second kappa shape index (κ2) is 5.44. The third-order valence-electron chi connectivity index (χ3n) is 3.23. The Kier molecular flexibility index (Phi) is 3.93. The zero-order chi connectivity index (χ0) is 12.3. The lowest BCUT2D eigenvalue weighted by atomic mass is 9.82. The smallest absolute Gasteiger partial charge is 0.282 e. The van der Waals surface area contributed by atoms with E-state index in [1.165, 1.54) is 25.7 Å². The summed E-state index contributed by atoms with van der Waals surface area (Å²) in [4.78, 5) is 11.7. The fourth-order valence-electron chi connectivity index (χ4n) is 2.38. The number of anilines is 1. The van der Waals surface area contributed by atoms with Gasteiger partial charge in [-0.15, -0.1) is 10.2 Å². The molecule has 0 radical (unpaired) electrons. The maximum Gasteiger partial charge on any atom is 0.282 e. The molecule has 2 unspecified atom stereocenters. The molecule has 5 nitrogen and oxygen atoms in total. The maximum absolute atomic E-state index is 11.7. The van der Waals surface area contributed by atoms with Crippen molar-refractivity contribution in [2.75, 3.05) is 12.3 Å². The van der Waals surface area contributed by atoms with Crippen LogP contribution in [0.3, 0.4) is 0 Å². The van der Waals surface area contributed by atoms with Gasteiger partial charge in [0, 0.05) is 6.54 Å². The summed E-state index contributed by atoms with van der Waals surface area (Å²) in [6.07, 6.45) is 5.01. The Morgan fingerprint density at radius 2 is 2.35 bits per heavy atom. The minimum atomic E-state index is -0.155. The largest absolute Gasteiger partial charge is 0.374 e. The molecular weight excluding hydrogens is 236 g/mol. The Morgan fingerprint density at radius 3 is 3.00 bits per heavy atom. The van der Waals surface area contributed by atoms with E-state index in [0.717, 1.165) is 23.8 Å². The van der Waals surface area contributed by atoms with E-state index in [0.29, 0.717) is 16.1 Å². The Hall–Kier alpha value is -1.17. The Labute approximate surface area is 105 Å². The van der Waals surface area contributed by atoms with Crippen LogP contribution in [0.5, 0.6) is 0 Å². The van der Waals surface area contributed by atoms with E-state index in [4.69, 9.17) is 5.73 Å². The van der Waals surface area contributed by atoms with Crippen LogP contribution < -0.4 is 11.1 Å². The van der Waals surface area contributed by atoms with Crippen molar-refractivity contribution in [1.82, 2.24) is 15.5 Å². The van der Waals surface area contributed by atoms with Gasteiger partial charge in [-0.1, -0.05) is 31.1 Å². The van der Waals surface area contributed by atoms with E-state index in [9.17, 15) is 4.79 Å². The fraction of sp³-hybridized carbons (Fsp3) is 0.727. The normalized spacial score (nSPS) is 24.5. The highest BCUT2D eigenvalue weighted by Crippen LogP contribution is 2.27. The molecule has 3 N–H and O–H groups in total. The van der Waals surface area contributed by atoms with Crippen LogP contribution in [-0.2, 0) is 0 Å². The van der Waals surface area contributed by atoms with Gasteiger partial charge in [-0.2, -0.15) is 0 Å². The highest BCUT2D eigenvalue weighted by molar-refractivity contribution is 7.16. The lowest BCUT2D eigenvalue weighted by molar-refractivity contribution is 0.0939. The predicted octanol–water partition coefficient (Wildman–Crippen LogP) is 1.68. The number of nitrogen functional groups attached to an aromatic ring is 1. The van der Waals surface area contributed by atoms with E-state index in [1.807, 2.05) is 0 Å². The Balaban J connectivity index is 1.80. The summed E-state index contributed by atoms with van der Waals surface area (Å²) in [6.45, 7) is 3.02. The van der Waals surface area contributed by atoms with E-state index >= 15 is 0 Å². The number of carbonyl (C=O) groups excluding carboxylic acids is 1. The summed E-state index contributed by atoms with van der Waals surface area (Å²) >= 11 is 1.13. The molecule has 1 heterocycles. The van der Waals surface area contributed by atoms with Crippen molar-refractivity contribution >= 4 is 22.4 Å². The van der Waals surface area contributed by atoms with Crippen molar-refractivity contribution in [2.24, 2.45) is 11.8 Å². The lowest BCUT2D eigenvalue weighted by Gasteiger charge is -2.26. The molecule has 1 amide bonds. The molecule has 0 spiro atoms. The first-order valence-corrected chi connectivity index (χ1v) is 6.84. The molecule has 1 aromatic heterocycles. The van der Waals surface area contributed by atoms with Crippen molar-refractivity contribution in [3.05, 3.63) is 5.01 Å². The van der Waals surface area contributed by atoms with Crippen molar-refractivity contribution in [3.63, 3.8) is 0 Å². The average molecular weight is 254 g/mol. The molecule has 0 aliphatic heterocycles. The number of carbonyl (C=O) groups is 1. The van der Waals surface area contributed by atoms with E-state index in [2.05, 4.69) is 22.4 Å². The number of nitrogens with zero attached hydrogens (tertiary/aromatic N) is 2. The van der Waals surface area contributed by atoms with Gasteiger partial charge < -0.3 is 11.1 Å². The lowest BCUT2D eigenvalue weighted by Crippen LogP contribution is -2.31. The monoisotopic (exact) mass is 254 g/mol. The zero-order valence-electron chi connectivity index (χ0n) is 9.98. The standard InChI is InChI=1S/C11H18N4OS/c1-7-3-2-4-8(5-7)6-13-9(16)10-14-15-11(12)17-10/h7-8H,2-6H2,1H3,(H2,12,15)(H,13,16). The highest BCUT2D eigenvalue weighted by atomic mass is 32.1. The van der Waals surface area contributed by atoms with E-state index in [1.54, 1.807) is 0 Å². The summed E-state index contributed by atoms with van der Waals surface area (Å²) in [5.74, 6) is 1.23. The van der Waals surface area contributed by atoms with Crippen LogP contribution in [0.2, 0.25) is 0 Å². The van der Waals surface area contributed by atoms with Crippen LogP contribution in [0.1, 0.15) is 42.4 Å². The second-order valence-corrected chi connectivity index (χ2v) is 5.80. The van der Waals surface area contributed by atoms with Crippen molar-refractivity contribution < 1.29 is 4.79 Å². The Morgan fingerprint density at radius 1 is 1.53 bits per heavy atom.